The Morgan fingerprint density at radius 2 is 2.23 bits per heavy atom. The molecule has 2 heterocycles. The lowest BCUT2D eigenvalue weighted by atomic mass is 10.1. The lowest BCUT2D eigenvalue weighted by Crippen LogP contribution is -2.30. The van der Waals surface area contributed by atoms with E-state index in [1.165, 1.54) is 0 Å². The van der Waals surface area contributed by atoms with E-state index < -0.39 is 0 Å². The van der Waals surface area contributed by atoms with Crippen molar-refractivity contribution in [2.45, 2.75) is 32.9 Å². The quantitative estimate of drug-likeness (QED) is 0.705. The first-order valence-electron chi connectivity index (χ1n) is 8.81. The van der Waals surface area contributed by atoms with Gasteiger partial charge in [-0.1, -0.05) is 22.0 Å². The monoisotopic (exact) mass is 420 g/mol. The average molecular weight is 421 g/mol. The summed E-state index contributed by atoms with van der Waals surface area (Å²) in [6, 6.07) is 5.96. The number of aromatic nitrogens is 1. The Kier molecular flexibility index (Phi) is 5.67. The molecule has 2 aromatic rings. The lowest BCUT2D eigenvalue weighted by Gasteiger charge is -2.19. The molecular formula is C19H25BrN4O2. The van der Waals surface area contributed by atoms with Crippen molar-refractivity contribution >= 4 is 38.6 Å². The van der Waals surface area contributed by atoms with Crippen LogP contribution >= 0.6 is 15.9 Å². The number of rotatable bonds is 6. The van der Waals surface area contributed by atoms with Crippen molar-refractivity contribution in [3.8, 4) is 0 Å². The molecule has 0 unspecified atom stereocenters. The minimum Gasteiger partial charge on any atom is -0.374 e. The smallest absolute Gasteiger partial charge is 0.253 e. The fraction of sp³-hybridized carbons (Fsp3) is 0.474. The maximum Gasteiger partial charge on any atom is 0.253 e. The molecule has 0 bridgehead atoms. The second-order valence-corrected chi connectivity index (χ2v) is 8.22. The molecule has 1 aliphatic heterocycles. The van der Waals surface area contributed by atoms with Crippen LogP contribution in [-0.4, -0.2) is 48.2 Å². The number of hydrogen-bond donors (Lipinski definition) is 2. The van der Waals surface area contributed by atoms with Crippen LogP contribution in [0.25, 0.3) is 10.9 Å². The van der Waals surface area contributed by atoms with Gasteiger partial charge in [0, 0.05) is 29.1 Å². The van der Waals surface area contributed by atoms with Crippen LogP contribution in [0, 0.1) is 0 Å². The predicted octanol–water partition coefficient (Wildman–Crippen LogP) is 2.95. The Labute approximate surface area is 162 Å². The molecule has 0 spiro atoms. The van der Waals surface area contributed by atoms with Crippen molar-refractivity contribution in [2.24, 2.45) is 4.99 Å². The van der Waals surface area contributed by atoms with E-state index in [0.717, 1.165) is 34.3 Å². The van der Waals surface area contributed by atoms with Crippen LogP contribution in [-0.2, 0) is 11.3 Å². The van der Waals surface area contributed by atoms with Gasteiger partial charge in [-0.15, -0.1) is 0 Å². The Morgan fingerprint density at radius 3 is 2.92 bits per heavy atom. The summed E-state index contributed by atoms with van der Waals surface area (Å²) in [7, 11) is 0. The number of ether oxygens (including phenoxy) is 1. The van der Waals surface area contributed by atoms with Crippen LogP contribution in [0.2, 0.25) is 0 Å². The third-order valence-electron chi connectivity index (χ3n) is 4.08. The molecule has 2 N–H and O–H groups in total. The van der Waals surface area contributed by atoms with E-state index in [1.54, 1.807) is 0 Å². The number of carbonyl (C=O) groups excluding carboxylic acids is 1. The number of hydrogen-bond acceptors (Lipinski definition) is 4. The number of fused-ring (bicyclic) bond motifs is 1. The highest BCUT2D eigenvalue weighted by atomic mass is 79.9. The van der Waals surface area contributed by atoms with Crippen molar-refractivity contribution < 1.29 is 9.53 Å². The van der Waals surface area contributed by atoms with Gasteiger partial charge in [-0.25, -0.2) is 0 Å². The molecule has 0 saturated carbocycles. The number of nitrogens with one attached hydrogen (secondary N) is 2. The van der Waals surface area contributed by atoms with E-state index >= 15 is 0 Å². The molecule has 7 heteroatoms. The largest absolute Gasteiger partial charge is 0.374 e. The number of nitrogens with zero attached hydrogens (tertiary/aromatic N) is 2. The summed E-state index contributed by atoms with van der Waals surface area (Å²) < 4.78 is 8.71. The molecule has 1 aromatic carbocycles. The molecule has 26 heavy (non-hydrogen) atoms. The Morgan fingerprint density at radius 1 is 1.42 bits per heavy atom. The maximum absolute atomic E-state index is 12.7. The molecule has 3 rings (SSSR count). The van der Waals surface area contributed by atoms with Gasteiger partial charge < -0.3 is 19.9 Å². The predicted molar refractivity (Wildman–Crippen MR) is 108 cm³/mol. The molecule has 1 aliphatic rings. The van der Waals surface area contributed by atoms with Crippen molar-refractivity contribution in [1.29, 1.82) is 0 Å². The van der Waals surface area contributed by atoms with Crippen LogP contribution in [0.1, 0.15) is 31.1 Å². The number of amidine groups is 1. The van der Waals surface area contributed by atoms with Gasteiger partial charge in [0.1, 0.15) is 5.84 Å². The first-order chi connectivity index (χ1) is 12.3. The number of benzene rings is 1. The van der Waals surface area contributed by atoms with Crippen LogP contribution in [0.4, 0.5) is 0 Å². The van der Waals surface area contributed by atoms with Crippen molar-refractivity contribution in [2.75, 3.05) is 26.2 Å². The van der Waals surface area contributed by atoms with Gasteiger partial charge >= 0.3 is 0 Å². The van der Waals surface area contributed by atoms with Crippen LogP contribution in [0.5, 0.6) is 0 Å². The van der Waals surface area contributed by atoms with Crippen molar-refractivity contribution in [3.63, 3.8) is 0 Å². The first-order valence-corrected chi connectivity index (χ1v) is 9.60. The fourth-order valence-electron chi connectivity index (χ4n) is 2.91. The molecule has 1 amide bonds. The molecule has 1 aromatic heterocycles. The normalized spacial score (nSPS) is 14.4. The van der Waals surface area contributed by atoms with Gasteiger partial charge in [-0.2, -0.15) is 0 Å². The third-order valence-corrected chi connectivity index (χ3v) is 4.57. The molecular weight excluding hydrogens is 396 g/mol. The third kappa shape index (κ3) is 4.65. The number of aliphatic imine (C=N–C) groups is 1. The SMILES string of the molecule is CC(C)(C)OCCNC(=O)c1cn(CC2=NCCN2)c2cc(Br)ccc12. The first kappa shape index (κ1) is 18.9. The Balaban J connectivity index is 1.78. The number of halogens is 1. The Bertz CT molecular complexity index is 836. The van der Waals surface area contributed by atoms with E-state index in [2.05, 4.69) is 36.1 Å². The summed E-state index contributed by atoms with van der Waals surface area (Å²) in [6.07, 6.45) is 1.90. The second-order valence-electron chi connectivity index (χ2n) is 7.30. The molecule has 6 nitrogen and oxygen atoms in total. The summed E-state index contributed by atoms with van der Waals surface area (Å²) in [5, 5.41) is 7.16. The zero-order chi connectivity index (χ0) is 18.7. The summed E-state index contributed by atoms with van der Waals surface area (Å²) in [5.41, 5.74) is 1.47. The van der Waals surface area contributed by atoms with Crippen LogP contribution < -0.4 is 10.6 Å². The van der Waals surface area contributed by atoms with Gasteiger partial charge in [0.25, 0.3) is 5.91 Å². The summed E-state index contributed by atoms with van der Waals surface area (Å²) in [4.78, 5) is 17.1. The highest BCUT2D eigenvalue weighted by molar-refractivity contribution is 9.10. The number of carbonyl (C=O) groups is 1. The zero-order valence-corrected chi connectivity index (χ0v) is 17.0. The number of amides is 1. The van der Waals surface area contributed by atoms with Crippen molar-refractivity contribution in [3.05, 3.63) is 34.4 Å². The van der Waals surface area contributed by atoms with E-state index in [9.17, 15) is 4.79 Å². The van der Waals surface area contributed by atoms with Crippen molar-refractivity contribution in [1.82, 2.24) is 15.2 Å². The average Bonchev–Trinajstić information content (AvgIpc) is 3.19. The maximum atomic E-state index is 12.7. The standard InChI is InChI=1S/C19H25BrN4O2/c1-19(2,3)26-9-8-23-18(25)15-11-24(12-17-21-6-7-22-17)16-10-13(20)4-5-14(15)16/h4-5,10-11H,6-9,12H2,1-3H3,(H,21,22)(H,23,25). The molecule has 0 fully saturated rings. The van der Waals surface area contributed by atoms with E-state index in [4.69, 9.17) is 4.74 Å². The molecule has 0 atom stereocenters. The highest BCUT2D eigenvalue weighted by Gasteiger charge is 2.17. The van der Waals surface area contributed by atoms with E-state index in [1.807, 2.05) is 45.2 Å². The summed E-state index contributed by atoms with van der Waals surface area (Å²) in [5.74, 6) is 0.863. The van der Waals surface area contributed by atoms with Gasteiger partial charge in [0.05, 0.1) is 36.4 Å². The summed E-state index contributed by atoms with van der Waals surface area (Å²) in [6.45, 7) is 9.28. The molecule has 0 aliphatic carbocycles. The van der Waals surface area contributed by atoms with E-state index in [0.29, 0.717) is 25.3 Å². The van der Waals surface area contributed by atoms with Gasteiger partial charge in [-0.3, -0.25) is 9.79 Å². The Hall–Kier alpha value is -1.86. The summed E-state index contributed by atoms with van der Waals surface area (Å²) >= 11 is 3.52. The van der Waals surface area contributed by atoms with E-state index in [-0.39, 0.29) is 11.5 Å². The fourth-order valence-corrected chi connectivity index (χ4v) is 3.26. The topological polar surface area (TPSA) is 67.6 Å². The van der Waals surface area contributed by atoms with Gasteiger partial charge in [-0.05, 0) is 32.9 Å². The van der Waals surface area contributed by atoms with Crippen LogP contribution in [0.3, 0.4) is 0 Å². The van der Waals surface area contributed by atoms with Crippen LogP contribution in [0.15, 0.2) is 33.9 Å². The second kappa shape index (κ2) is 7.80. The molecule has 140 valence electrons. The van der Waals surface area contributed by atoms with Gasteiger partial charge in [0.15, 0.2) is 0 Å². The molecule has 0 radical (unpaired) electrons. The minimum absolute atomic E-state index is 0.0881. The zero-order valence-electron chi connectivity index (χ0n) is 15.4. The van der Waals surface area contributed by atoms with Gasteiger partial charge in [0.2, 0.25) is 0 Å². The lowest BCUT2D eigenvalue weighted by molar-refractivity contribution is -0.000648. The molecule has 0 saturated heterocycles. The highest BCUT2D eigenvalue weighted by Crippen LogP contribution is 2.25. The minimum atomic E-state index is -0.206.